The highest BCUT2D eigenvalue weighted by molar-refractivity contribution is 7.18. The fourth-order valence-corrected chi connectivity index (χ4v) is 5.66. The van der Waals surface area contributed by atoms with E-state index in [4.69, 9.17) is 4.98 Å². The van der Waals surface area contributed by atoms with Crippen LogP contribution < -0.4 is 5.32 Å². The molecule has 1 aliphatic rings. The summed E-state index contributed by atoms with van der Waals surface area (Å²) in [6.45, 7) is 1.43. The molecule has 0 saturated carbocycles. The van der Waals surface area contributed by atoms with Crippen molar-refractivity contribution in [3.63, 3.8) is 0 Å². The summed E-state index contributed by atoms with van der Waals surface area (Å²) >= 11 is 3.15. The molecule has 0 atom stereocenters. The standard InChI is InChI=1S/C24H21N3O2S2/c28-22(21-9-4-14-30-21)25-18-6-3-5-17(15-18)24(29)27-12-10-16(11-13-27)23-26-19-7-1-2-8-20(19)31-23/h1-9,14-16H,10-13H2,(H,25,28). The molecule has 0 bridgehead atoms. The van der Waals surface area contributed by atoms with E-state index in [-0.39, 0.29) is 11.8 Å². The van der Waals surface area contributed by atoms with Crippen molar-refractivity contribution < 1.29 is 9.59 Å². The van der Waals surface area contributed by atoms with Gasteiger partial charge in [0.05, 0.1) is 20.1 Å². The molecule has 1 aliphatic heterocycles. The topological polar surface area (TPSA) is 62.3 Å². The molecule has 0 radical (unpaired) electrons. The molecule has 0 spiro atoms. The van der Waals surface area contributed by atoms with E-state index in [1.807, 2.05) is 46.7 Å². The van der Waals surface area contributed by atoms with Gasteiger partial charge in [-0.25, -0.2) is 4.98 Å². The summed E-state index contributed by atoms with van der Waals surface area (Å²) < 4.78 is 1.22. The van der Waals surface area contributed by atoms with Crippen LogP contribution in [-0.4, -0.2) is 34.8 Å². The van der Waals surface area contributed by atoms with Crippen LogP contribution in [0.15, 0.2) is 66.0 Å². The number of thiazole rings is 1. The van der Waals surface area contributed by atoms with Crippen LogP contribution in [0.2, 0.25) is 0 Å². The monoisotopic (exact) mass is 447 g/mol. The van der Waals surface area contributed by atoms with Gasteiger partial charge in [-0.3, -0.25) is 9.59 Å². The van der Waals surface area contributed by atoms with Gasteiger partial charge in [0.25, 0.3) is 11.8 Å². The number of carbonyl (C=O) groups is 2. The summed E-state index contributed by atoms with van der Waals surface area (Å²) in [6, 6.07) is 19.0. The highest BCUT2D eigenvalue weighted by Crippen LogP contribution is 2.34. The highest BCUT2D eigenvalue weighted by Gasteiger charge is 2.26. The van der Waals surface area contributed by atoms with Crippen LogP contribution in [0.4, 0.5) is 5.69 Å². The normalized spacial score (nSPS) is 14.6. The number of nitrogens with zero attached hydrogens (tertiary/aromatic N) is 2. The fourth-order valence-electron chi connectivity index (χ4n) is 3.91. The summed E-state index contributed by atoms with van der Waals surface area (Å²) in [6.07, 6.45) is 1.83. The van der Waals surface area contributed by atoms with Crippen molar-refractivity contribution in [1.82, 2.24) is 9.88 Å². The van der Waals surface area contributed by atoms with Crippen LogP contribution >= 0.6 is 22.7 Å². The van der Waals surface area contributed by atoms with E-state index in [9.17, 15) is 9.59 Å². The van der Waals surface area contributed by atoms with Crippen molar-refractivity contribution in [3.05, 3.63) is 81.5 Å². The predicted molar refractivity (Wildman–Crippen MR) is 126 cm³/mol. The molecule has 2 aromatic heterocycles. The van der Waals surface area contributed by atoms with Crippen molar-refractivity contribution in [2.45, 2.75) is 18.8 Å². The number of aromatic nitrogens is 1. The molecule has 7 heteroatoms. The Bertz CT molecular complexity index is 1190. The molecule has 3 heterocycles. The highest BCUT2D eigenvalue weighted by atomic mass is 32.1. The quantitative estimate of drug-likeness (QED) is 0.441. The molecule has 1 saturated heterocycles. The van der Waals surface area contributed by atoms with Crippen molar-refractivity contribution >= 4 is 50.4 Å². The Morgan fingerprint density at radius 1 is 1.00 bits per heavy atom. The molecule has 2 aromatic carbocycles. The molecular weight excluding hydrogens is 426 g/mol. The van der Waals surface area contributed by atoms with Crippen LogP contribution in [-0.2, 0) is 0 Å². The molecule has 156 valence electrons. The molecule has 0 unspecified atom stereocenters. The molecule has 2 amide bonds. The molecule has 5 nitrogen and oxygen atoms in total. The number of rotatable bonds is 4. The Hall–Kier alpha value is -3.03. The van der Waals surface area contributed by atoms with Gasteiger partial charge in [-0.15, -0.1) is 22.7 Å². The van der Waals surface area contributed by atoms with Gasteiger partial charge in [0, 0.05) is 30.3 Å². The minimum absolute atomic E-state index is 0.00923. The molecule has 1 N–H and O–H groups in total. The van der Waals surface area contributed by atoms with Crippen LogP contribution in [0, 0.1) is 0 Å². The van der Waals surface area contributed by atoms with E-state index >= 15 is 0 Å². The molecule has 4 aromatic rings. The van der Waals surface area contributed by atoms with Crippen molar-refractivity contribution in [3.8, 4) is 0 Å². The first-order chi connectivity index (χ1) is 15.2. The SMILES string of the molecule is O=C(Nc1cccc(C(=O)N2CCC(c3nc4ccccc4s3)CC2)c1)c1cccs1. The summed E-state index contributed by atoms with van der Waals surface area (Å²) in [5.41, 5.74) is 2.29. The number of benzene rings is 2. The number of nitrogens with one attached hydrogen (secondary N) is 1. The van der Waals surface area contributed by atoms with Gasteiger partial charge in [0.2, 0.25) is 0 Å². The van der Waals surface area contributed by atoms with Gasteiger partial charge in [-0.2, -0.15) is 0 Å². The van der Waals surface area contributed by atoms with Crippen LogP contribution in [0.25, 0.3) is 10.2 Å². The minimum atomic E-state index is -0.156. The minimum Gasteiger partial charge on any atom is -0.339 e. The Morgan fingerprint density at radius 3 is 2.61 bits per heavy atom. The van der Waals surface area contributed by atoms with Crippen LogP contribution in [0.1, 0.15) is 43.8 Å². The maximum absolute atomic E-state index is 13.1. The molecule has 5 rings (SSSR count). The zero-order chi connectivity index (χ0) is 21.2. The van der Waals surface area contributed by atoms with E-state index in [2.05, 4.69) is 17.4 Å². The largest absolute Gasteiger partial charge is 0.339 e. The van der Waals surface area contributed by atoms with Crippen molar-refractivity contribution in [2.75, 3.05) is 18.4 Å². The summed E-state index contributed by atoms with van der Waals surface area (Å²) in [5.74, 6) is 0.254. The molecule has 0 aliphatic carbocycles. The van der Waals surface area contributed by atoms with Gasteiger partial charge in [-0.1, -0.05) is 24.3 Å². The molecule has 1 fully saturated rings. The lowest BCUT2D eigenvalue weighted by molar-refractivity contribution is 0.0712. The maximum Gasteiger partial charge on any atom is 0.265 e. The number of fused-ring (bicyclic) bond motifs is 1. The third-order valence-electron chi connectivity index (χ3n) is 5.55. The molecule has 31 heavy (non-hydrogen) atoms. The Morgan fingerprint density at radius 2 is 1.84 bits per heavy atom. The van der Waals surface area contributed by atoms with Gasteiger partial charge in [0.15, 0.2) is 0 Å². The summed E-state index contributed by atoms with van der Waals surface area (Å²) in [4.78, 5) is 32.7. The van der Waals surface area contributed by atoms with E-state index in [0.717, 1.165) is 18.4 Å². The van der Waals surface area contributed by atoms with Gasteiger partial charge >= 0.3 is 0 Å². The van der Waals surface area contributed by atoms with Gasteiger partial charge in [-0.05, 0) is 54.6 Å². The average Bonchev–Trinajstić information content (AvgIpc) is 3.49. The Labute approximate surface area is 188 Å². The molecular formula is C24H21N3O2S2. The number of thiophene rings is 1. The second-order valence-electron chi connectivity index (χ2n) is 7.60. The summed E-state index contributed by atoms with van der Waals surface area (Å²) in [7, 11) is 0. The number of hydrogen-bond donors (Lipinski definition) is 1. The fraction of sp³-hybridized carbons (Fsp3) is 0.208. The van der Waals surface area contributed by atoms with E-state index in [0.29, 0.717) is 35.1 Å². The van der Waals surface area contributed by atoms with Crippen molar-refractivity contribution in [1.29, 1.82) is 0 Å². The smallest absolute Gasteiger partial charge is 0.265 e. The maximum atomic E-state index is 13.1. The lowest BCUT2D eigenvalue weighted by atomic mass is 9.97. The number of anilines is 1. The lowest BCUT2D eigenvalue weighted by Gasteiger charge is -2.31. The number of para-hydroxylation sites is 1. The van der Waals surface area contributed by atoms with E-state index < -0.39 is 0 Å². The van der Waals surface area contributed by atoms with Gasteiger partial charge in [0.1, 0.15) is 0 Å². The van der Waals surface area contributed by atoms with E-state index in [1.165, 1.54) is 21.0 Å². The number of likely N-dealkylation sites (tertiary alicyclic amines) is 1. The number of carbonyl (C=O) groups excluding carboxylic acids is 2. The third kappa shape index (κ3) is 4.24. The second-order valence-corrected chi connectivity index (χ2v) is 9.61. The number of amides is 2. The van der Waals surface area contributed by atoms with Crippen LogP contribution in [0.5, 0.6) is 0 Å². The number of hydrogen-bond acceptors (Lipinski definition) is 5. The third-order valence-corrected chi connectivity index (χ3v) is 7.62. The Balaban J connectivity index is 1.23. The number of piperidine rings is 1. The zero-order valence-corrected chi connectivity index (χ0v) is 18.4. The average molecular weight is 448 g/mol. The Kier molecular flexibility index (Phi) is 5.53. The van der Waals surface area contributed by atoms with E-state index in [1.54, 1.807) is 23.5 Å². The predicted octanol–water partition coefficient (Wildman–Crippen LogP) is 5.63. The first-order valence-corrected chi connectivity index (χ1v) is 12.0. The second kappa shape index (κ2) is 8.61. The lowest BCUT2D eigenvalue weighted by Crippen LogP contribution is -2.37. The van der Waals surface area contributed by atoms with Crippen LogP contribution in [0.3, 0.4) is 0 Å². The summed E-state index contributed by atoms with van der Waals surface area (Å²) in [5, 5.41) is 5.92. The van der Waals surface area contributed by atoms with Gasteiger partial charge < -0.3 is 10.2 Å². The van der Waals surface area contributed by atoms with Crippen molar-refractivity contribution in [2.24, 2.45) is 0 Å². The first-order valence-electron chi connectivity index (χ1n) is 10.3. The zero-order valence-electron chi connectivity index (χ0n) is 16.8. The first kappa shape index (κ1) is 19.9.